The summed E-state index contributed by atoms with van der Waals surface area (Å²) in [4.78, 5) is 6.65. The third-order valence-corrected chi connectivity index (χ3v) is 3.93. The first kappa shape index (κ1) is 13.3. The lowest BCUT2D eigenvalue weighted by molar-refractivity contribution is 0.192. The van der Waals surface area contributed by atoms with Gasteiger partial charge in [0.05, 0.1) is 7.11 Å². The Kier molecular flexibility index (Phi) is 4.55. The van der Waals surface area contributed by atoms with Crippen LogP contribution in [0.4, 0.5) is 0 Å². The molecule has 0 radical (unpaired) electrons. The molecule has 1 aromatic heterocycles. The monoisotopic (exact) mass is 249 g/mol. The molecule has 0 amide bonds. The number of pyridine rings is 1. The van der Waals surface area contributed by atoms with Gasteiger partial charge in [-0.05, 0) is 37.9 Å². The van der Waals surface area contributed by atoms with Crippen LogP contribution in [0.5, 0.6) is 5.88 Å². The number of aromatic nitrogens is 1. The summed E-state index contributed by atoms with van der Waals surface area (Å²) in [5.74, 6) is 1.32. The molecule has 0 aliphatic heterocycles. The number of rotatable bonds is 5. The molecule has 2 N–H and O–H groups in total. The van der Waals surface area contributed by atoms with Crippen molar-refractivity contribution in [2.24, 2.45) is 11.7 Å². The van der Waals surface area contributed by atoms with Crippen molar-refractivity contribution >= 4 is 0 Å². The highest BCUT2D eigenvalue weighted by Crippen LogP contribution is 2.29. The van der Waals surface area contributed by atoms with Gasteiger partial charge in [0.2, 0.25) is 5.88 Å². The predicted octanol–water partition coefficient (Wildman–Crippen LogP) is 1.65. The molecule has 2 rings (SSSR count). The summed E-state index contributed by atoms with van der Waals surface area (Å²) in [6.07, 6.45) is 5.73. The lowest BCUT2D eigenvalue weighted by Gasteiger charge is -2.29. The van der Waals surface area contributed by atoms with E-state index in [1.54, 1.807) is 7.11 Å². The van der Waals surface area contributed by atoms with Crippen LogP contribution < -0.4 is 10.5 Å². The van der Waals surface area contributed by atoms with Crippen molar-refractivity contribution in [3.05, 3.63) is 23.9 Å². The van der Waals surface area contributed by atoms with Gasteiger partial charge in [0.25, 0.3) is 0 Å². The first-order valence-corrected chi connectivity index (χ1v) is 6.64. The van der Waals surface area contributed by atoms with Crippen molar-refractivity contribution < 1.29 is 4.74 Å². The Labute approximate surface area is 109 Å². The fraction of sp³-hybridized carbons (Fsp3) is 0.643. The molecule has 1 saturated carbocycles. The molecule has 1 fully saturated rings. The first-order chi connectivity index (χ1) is 8.74. The number of hydrogen-bond acceptors (Lipinski definition) is 4. The zero-order valence-corrected chi connectivity index (χ0v) is 11.3. The normalized spacial score (nSPS) is 23.6. The van der Waals surface area contributed by atoms with Gasteiger partial charge in [-0.1, -0.05) is 12.5 Å². The third-order valence-electron chi connectivity index (χ3n) is 3.93. The average molecular weight is 249 g/mol. The maximum Gasteiger partial charge on any atom is 0.212 e. The molecule has 18 heavy (non-hydrogen) atoms. The summed E-state index contributed by atoms with van der Waals surface area (Å²) >= 11 is 0. The van der Waals surface area contributed by atoms with E-state index < -0.39 is 0 Å². The SMILES string of the molecule is COc1ccc(CN(C)C2CCCC2CN)cn1. The van der Waals surface area contributed by atoms with Crippen molar-refractivity contribution in [2.45, 2.75) is 31.8 Å². The van der Waals surface area contributed by atoms with Gasteiger partial charge in [0.15, 0.2) is 0 Å². The highest BCUT2D eigenvalue weighted by Gasteiger charge is 2.29. The van der Waals surface area contributed by atoms with Gasteiger partial charge in [-0.2, -0.15) is 0 Å². The van der Waals surface area contributed by atoms with Crippen molar-refractivity contribution in [1.82, 2.24) is 9.88 Å². The van der Waals surface area contributed by atoms with E-state index in [4.69, 9.17) is 10.5 Å². The molecule has 100 valence electrons. The minimum Gasteiger partial charge on any atom is -0.481 e. The summed E-state index contributed by atoms with van der Waals surface area (Å²) in [6, 6.07) is 4.62. The molecule has 1 heterocycles. The molecule has 1 aromatic rings. The smallest absolute Gasteiger partial charge is 0.212 e. The van der Waals surface area contributed by atoms with Gasteiger partial charge in [-0.25, -0.2) is 4.98 Å². The van der Waals surface area contributed by atoms with E-state index in [-0.39, 0.29) is 0 Å². The van der Waals surface area contributed by atoms with E-state index in [0.717, 1.165) is 13.1 Å². The van der Waals surface area contributed by atoms with Gasteiger partial charge in [0, 0.05) is 24.8 Å². The number of nitrogens with two attached hydrogens (primary N) is 1. The van der Waals surface area contributed by atoms with Gasteiger partial charge in [0.1, 0.15) is 0 Å². The third kappa shape index (κ3) is 3.00. The Balaban J connectivity index is 1.95. The van der Waals surface area contributed by atoms with Crippen LogP contribution in [-0.2, 0) is 6.54 Å². The standard InChI is InChI=1S/C14H23N3O/c1-17(13-5-3-4-12(13)8-15)10-11-6-7-14(18-2)16-9-11/h6-7,9,12-13H,3-5,8,10,15H2,1-2H3. The van der Waals surface area contributed by atoms with Crippen LogP contribution >= 0.6 is 0 Å². The van der Waals surface area contributed by atoms with Crippen LogP contribution in [0.1, 0.15) is 24.8 Å². The van der Waals surface area contributed by atoms with E-state index in [9.17, 15) is 0 Å². The lowest BCUT2D eigenvalue weighted by atomic mass is 10.0. The number of methoxy groups -OCH3 is 1. The molecule has 4 heteroatoms. The maximum absolute atomic E-state index is 5.84. The Hall–Kier alpha value is -1.13. The van der Waals surface area contributed by atoms with E-state index in [0.29, 0.717) is 17.8 Å². The minimum atomic E-state index is 0.622. The van der Waals surface area contributed by atoms with Gasteiger partial charge < -0.3 is 10.5 Å². The summed E-state index contributed by atoms with van der Waals surface area (Å²) in [7, 11) is 3.82. The summed E-state index contributed by atoms with van der Waals surface area (Å²) in [5.41, 5.74) is 7.06. The molecule has 1 aliphatic rings. The van der Waals surface area contributed by atoms with E-state index in [1.807, 2.05) is 12.3 Å². The molecule has 0 spiro atoms. The Morgan fingerprint density at radius 3 is 2.89 bits per heavy atom. The molecule has 2 atom stereocenters. The molecular weight excluding hydrogens is 226 g/mol. The average Bonchev–Trinajstić information content (AvgIpc) is 2.88. The predicted molar refractivity (Wildman–Crippen MR) is 72.4 cm³/mol. The van der Waals surface area contributed by atoms with Gasteiger partial charge in [-0.3, -0.25) is 4.90 Å². The molecule has 1 aliphatic carbocycles. The quantitative estimate of drug-likeness (QED) is 0.862. The Morgan fingerprint density at radius 1 is 1.44 bits per heavy atom. The molecule has 0 bridgehead atoms. The lowest BCUT2D eigenvalue weighted by Crippen LogP contribution is -2.37. The van der Waals surface area contributed by atoms with Gasteiger partial charge in [-0.15, -0.1) is 0 Å². The summed E-state index contributed by atoms with van der Waals surface area (Å²) in [5, 5.41) is 0. The van der Waals surface area contributed by atoms with Crippen molar-refractivity contribution in [2.75, 3.05) is 20.7 Å². The van der Waals surface area contributed by atoms with E-state index in [1.165, 1.54) is 24.8 Å². The molecule has 0 aromatic carbocycles. The minimum absolute atomic E-state index is 0.622. The molecular formula is C14H23N3O. The van der Waals surface area contributed by atoms with Crippen LogP contribution in [0, 0.1) is 5.92 Å². The number of hydrogen-bond donors (Lipinski definition) is 1. The molecule has 4 nitrogen and oxygen atoms in total. The van der Waals surface area contributed by atoms with Crippen LogP contribution in [0.2, 0.25) is 0 Å². The zero-order valence-electron chi connectivity index (χ0n) is 11.3. The largest absolute Gasteiger partial charge is 0.481 e. The fourth-order valence-corrected chi connectivity index (χ4v) is 2.90. The highest BCUT2D eigenvalue weighted by molar-refractivity contribution is 5.17. The topological polar surface area (TPSA) is 51.4 Å². The van der Waals surface area contributed by atoms with Crippen molar-refractivity contribution in [1.29, 1.82) is 0 Å². The second-order valence-electron chi connectivity index (χ2n) is 5.12. The summed E-state index contributed by atoms with van der Waals surface area (Å²) < 4.78 is 5.07. The second-order valence-corrected chi connectivity index (χ2v) is 5.12. The van der Waals surface area contributed by atoms with Crippen LogP contribution in [0.25, 0.3) is 0 Å². The van der Waals surface area contributed by atoms with Crippen molar-refractivity contribution in [3.63, 3.8) is 0 Å². The maximum atomic E-state index is 5.84. The second kappa shape index (κ2) is 6.16. The fourth-order valence-electron chi connectivity index (χ4n) is 2.90. The van der Waals surface area contributed by atoms with E-state index in [2.05, 4.69) is 23.0 Å². The number of nitrogens with zero attached hydrogens (tertiary/aromatic N) is 2. The van der Waals surface area contributed by atoms with Crippen LogP contribution in [0.3, 0.4) is 0 Å². The van der Waals surface area contributed by atoms with E-state index >= 15 is 0 Å². The Bertz CT molecular complexity index is 366. The van der Waals surface area contributed by atoms with Crippen LogP contribution in [0.15, 0.2) is 18.3 Å². The zero-order chi connectivity index (χ0) is 13.0. The molecule has 2 unspecified atom stereocenters. The van der Waals surface area contributed by atoms with Crippen LogP contribution in [-0.4, -0.2) is 36.6 Å². The summed E-state index contributed by atoms with van der Waals surface area (Å²) in [6.45, 7) is 1.73. The highest BCUT2D eigenvalue weighted by atomic mass is 16.5. The first-order valence-electron chi connectivity index (χ1n) is 6.64. The Morgan fingerprint density at radius 2 is 2.28 bits per heavy atom. The van der Waals surface area contributed by atoms with Crippen molar-refractivity contribution in [3.8, 4) is 5.88 Å². The number of ether oxygens (including phenoxy) is 1. The molecule has 0 saturated heterocycles. The van der Waals surface area contributed by atoms with Gasteiger partial charge >= 0.3 is 0 Å².